The van der Waals surface area contributed by atoms with Crippen LogP contribution in [0.1, 0.15) is 44.1 Å². The van der Waals surface area contributed by atoms with Crippen molar-refractivity contribution >= 4 is 11.8 Å². The molecule has 0 nitrogen and oxygen atoms in total. The van der Waals surface area contributed by atoms with Crippen molar-refractivity contribution in [2.75, 3.05) is 6.26 Å². The second-order valence-electron chi connectivity index (χ2n) is 5.77. The van der Waals surface area contributed by atoms with E-state index in [2.05, 4.69) is 43.5 Å². The molecule has 1 fully saturated rings. The molecular weight excluding hydrogens is 236 g/mol. The molecule has 2 aliphatic rings. The van der Waals surface area contributed by atoms with Crippen LogP contribution in [0.25, 0.3) is 0 Å². The second kappa shape index (κ2) is 5.13. The molecule has 1 aromatic carbocycles. The van der Waals surface area contributed by atoms with Gasteiger partial charge in [-0.15, -0.1) is 11.8 Å². The maximum atomic E-state index is 2.35. The highest BCUT2D eigenvalue weighted by Crippen LogP contribution is 2.54. The van der Waals surface area contributed by atoms with Gasteiger partial charge in [-0.05, 0) is 60.7 Å². The van der Waals surface area contributed by atoms with E-state index in [1.54, 1.807) is 16.0 Å². The molecule has 1 saturated carbocycles. The average Bonchev–Trinajstić information content (AvgIpc) is 2.74. The molecule has 0 radical (unpaired) electrons. The predicted molar refractivity (Wildman–Crippen MR) is 80.8 cm³/mol. The fourth-order valence-corrected chi connectivity index (χ4v) is 5.11. The van der Waals surface area contributed by atoms with E-state index < -0.39 is 0 Å². The molecule has 0 spiro atoms. The minimum atomic E-state index is 0.796. The molecule has 0 saturated heterocycles. The molecule has 1 aromatic rings. The third-order valence-corrected chi connectivity index (χ3v) is 5.90. The molecule has 0 aromatic heterocycles. The van der Waals surface area contributed by atoms with Crippen molar-refractivity contribution in [3.05, 3.63) is 46.4 Å². The summed E-state index contributed by atoms with van der Waals surface area (Å²) in [5.41, 5.74) is 3.24. The highest BCUT2D eigenvalue weighted by atomic mass is 32.2. The van der Waals surface area contributed by atoms with Gasteiger partial charge in [0.25, 0.3) is 0 Å². The predicted octanol–water partition coefficient (Wildman–Crippen LogP) is 5.23. The largest absolute Gasteiger partial charge is 0.134 e. The van der Waals surface area contributed by atoms with Crippen LogP contribution >= 0.6 is 11.8 Å². The molecule has 18 heavy (non-hydrogen) atoms. The number of hydrogen-bond acceptors (Lipinski definition) is 1. The normalized spacial score (nSPS) is 31.6. The second-order valence-corrected chi connectivity index (χ2v) is 6.62. The van der Waals surface area contributed by atoms with Crippen molar-refractivity contribution < 1.29 is 0 Å². The molecule has 3 atom stereocenters. The van der Waals surface area contributed by atoms with Gasteiger partial charge in [-0.3, -0.25) is 0 Å². The van der Waals surface area contributed by atoms with E-state index >= 15 is 0 Å². The summed E-state index contributed by atoms with van der Waals surface area (Å²) in [6.45, 7) is 2.35. The van der Waals surface area contributed by atoms with Gasteiger partial charge in [0.2, 0.25) is 0 Å². The van der Waals surface area contributed by atoms with E-state index in [0.29, 0.717) is 0 Å². The van der Waals surface area contributed by atoms with E-state index in [4.69, 9.17) is 0 Å². The molecule has 0 heterocycles. The monoisotopic (exact) mass is 258 g/mol. The van der Waals surface area contributed by atoms with Crippen LogP contribution in [0.5, 0.6) is 0 Å². The topological polar surface area (TPSA) is 0 Å². The summed E-state index contributed by atoms with van der Waals surface area (Å²) in [6, 6.07) is 11.2. The molecule has 2 aliphatic carbocycles. The first-order valence-corrected chi connectivity index (χ1v) is 8.32. The Morgan fingerprint density at radius 3 is 2.50 bits per heavy atom. The zero-order valence-electron chi connectivity index (χ0n) is 11.4. The first-order valence-electron chi connectivity index (χ1n) is 7.10. The Labute approximate surface area is 115 Å². The summed E-state index contributed by atoms with van der Waals surface area (Å²) >= 11 is 2.00. The maximum absolute atomic E-state index is 2.35. The van der Waals surface area contributed by atoms with Crippen LogP contribution in [-0.4, -0.2) is 6.26 Å². The molecule has 3 rings (SSSR count). The molecule has 0 N–H and O–H groups in total. The molecular formula is C17H22S. The highest BCUT2D eigenvalue weighted by molar-refractivity contribution is 8.02. The Morgan fingerprint density at radius 1 is 1.06 bits per heavy atom. The first-order chi connectivity index (χ1) is 8.81. The number of allylic oxidation sites excluding steroid dienone is 2. The fourth-order valence-electron chi connectivity index (χ4n) is 4.09. The summed E-state index contributed by atoms with van der Waals surface area (Å²) in [7, 11) is 0. The van der Waals surface area contributed by atoms with Crippen LogP contribution in [-0.2, 0) is 0 Å². The van der Waals surface area contributed by atoms with Gasteiger partial charge in [0.1, 0.15) is 0 Å². The van der Waals surface area contributed by atoms with Crippen molar-refractivity contribution in [3.63, 3.8) is 0 Å². The van der Waals surface area contributed by atoms with Crippen LogP contribution < -0.4 is 0 Å². The lowest BCUT2D eigenvalue weighted by Gasteiger charge is -2.35. The van der Waals surface area contributed by atoms with E-state index in [-0.39, 0.29) is 0 Å². The molecule has 2 unspecified atom stereocenters. The lowest BCUT2D eigenvalue weighted by molar-refractivity contribution is 0.257. The van der Waals surface area contributed by atoms with E-state index in [9.17, 15) is 0 Å². The van der Waals surface area contributed by atoms with Gasteiger partial charge in [-0.1, -0.05) is 42.3 Å². The number of rotatable bonds is 2. The zero-order chi connectivity index (χ0) is 12.5. The summed E-state index contributed by atoms with van der Waals surface area (Å²) in [4.78, 5) is 1.71. The number of hydrogen-bond donors (Lipinski definition) is 0. The quantitative estimate of drug-likeness (QED) is 0.700. The summed E-state index contributed by atoms with van der Waals surface area (Å²) < 4.78 is 0. The number of benzene rings is 1. The van der Waals surface area contributed by atoms with Crippen molar-refractivity contribution in [1.82, 2.24) is 0 Å². The molecule has 96 valence electrons. The Bertz CT molecular complexity index is 446. The Morgan fingerprint density at radius 2 is 1.78 bits per heavy atom. The average molecular weight is 258 g/mol. The van der Waals surface area contributed by atoms with Gasteiger partial charge >= 0.3 is 0 Å². The van der Waals surface area contributed by atoms with Gasteiger partial charge in [-0.25, -0.2) is 0 Å². The van der Waals surface area contributed by atoms with Crippen LogP contribution in [0.4, 0.5) is 0 Å². The van der Waals surface area contributed by atoms with Crippen LogP contribution in [0.2, 0.25) is 0 Å². The summed E-state index contributed by atoms with van der Waals surface area (Å²) in [5.74, 6) is 2.53. The summed E-state index contributed by atoms with van der Waals surface area (Å²) in [5, 5.41) is 0. The Hall–Kier alpha value is -0.690. The Kier molecular flexibility index (Phi) is 3.52. The smallest absolute Gasteiger partial charge is 0.00654 e. The minimum Gasteiger partial charge on any atom is -0.134 e. The molecule has 0 amide bonds. The fraction of sp³-hybridized carbons (Fsp3) is 0.529. The van der Waals surface area contributed by atoms with E-state index in [1.807, 2.05) is 11.8 Å². The van der Waals surface area contributed by atoms with Crippen LogP contribution in [0.3, 0.4) is 0 Å². The van der Waals surface area contributed by atoms with Gasteiger partial charge in [-0.2, -0.15) is 0 Å². The van der Waals surface area contributed by atoms with Crippen LogP contribution in [0.15, 0.2) is 40.8 Å². The van der Waals surface area contributed by atoms with Gasteiger partial charge in [0.05, 0.1) is 0 Å². The van der Waals surface area contributed by atoms with Crippen molar-refractivity contribution in [2.24, 2.45) is 11.8 Å². The zero-order valence-corrected chi connectivity index (χ0v) is 12.2. The number of thioether (sulfide) groups is 1. The first kappa shape index (κ1) is 12.3. The van der Waals surface area contributed by atoms with Gasteiger partial charge in [0, 0.05) is 0 Å². The standard InChI is InChI=1S/C17H22S/c1-12-11-16-14(13-7-4-3-5-8-13)9-6-10-15(16)17(12)18-2/h3-5,7-8,14-16H,6,9-11H2,1-2H3/t14?,15-,16?/m1/s1. The van der Waals surface area contributed by atoms with Crippen LogP contribution in [0, 0.1) is 11.8 Å². The summed E-state index contributed by atoms with van der Waals surface area (Å²) in [6.07, 6.45) is 7.80. The van der Waals surface area contributed by atoms with E-state index in [1.165, 1.54) is 25.7 Å². The van der Waals surface area contributed by atoms with Gasteiger partial charge in [0.15, 0.2) is 0 Å². The van der Waals surface area contributed by atoms with Gasteiger partial charge < -0.3 is 0 Å². The molecule has 0 aliphatic heterocycles. The third-order valence-electron chi connectivity index (χ3n) is 4.81. The maximum Gasteiger partial charge on any atom is -0.00654 e. The van der Waals surface area contributed by atoms with Crippen molar-refractivity contribution in [2.45, 2.75) is 38.5 Å². The minimum absolute atomic E-state index is 0.796. The highest BCUT2D eigenvalue weighted by Gasteiger charge is 2.40. The van der Waals surface area contributed by atoms with Crippen molar-refractivity contribution in [1.29, 1.82) is 0 Å². The lowest BCUT2D eigenvalue weighted by Crippen LogP contribution is -2.24. The molecule has 0 bridgehead atoms. The molecule has 1 heteroatoms. The third kappa shape index (κ3) is 2.03. The lowest BCUT2D eigenvalue weighted by atomic mass is 9.70. The SMILES string of the molecule is CSC1=C(C)CC2C(c3ccccc3)CCC[C@@H]12. The van der Waals surface area contributed by atoms with Crippen molar-refractivity contribution in [3.8, 4) is 0 Å². The van der Waals surface area contributed by atoms with E-state index in [0.717, 1.165) is 17.8 Å². The number of fused-ring (bicyclic) bond motifs is 1. The Balaban J connectivity index is 1.88.